The first-order chi connectivity index (χ1) is 12.7. The van der Waals surface area contributed by atoms with Gasteiger partial charge in [0.05, 0.1) is 6.04 Å². The molecule has 0 radical (unpaired) electrons. The smallest absolute Gasteiger partial charge is 0.276 e. The topological polar surface area (TPSA) is 92.7 Å². The van der Waals surface area contributed by atoms with Crippen molar-refractivity contribution in [3.05, 3.63) is 35.5 Å². The van der Waals surface area contributed by atoms with Gasteiger partial charge in [-0.3, -0.25) is 4.79 Å². The van der Waals surface area contributed by atoms with Gasteiger partial charge in [-0.25, -0.2) is 0 Å². The van der Waals surface area contributed by atoms with E-state index in [-0.39, 0.29) is 11.9 Å². The number of hydrogen-bond acceptors (Lipinski definition) is 7. The number of carbonyl (C=O) groups excluding carboxylic acids is 1. The molecule has 3 aromatic heterocycles. The maximum absolute atomic E-state index is 12.8. The molecule has 9 nitrogen and oxygen atoms in total. The summed E-state index contributed by atoms with van der Waals surface area (Å²) in [5.41, 5.74) is 2.21. The molecule has 9 heteroatoms. The van der Waals surface area contributed by atoms with Crippen LogP contribution in [0.4, 0.5) is 5.82 Å². The first-order valence-electron chi connectivity index (χ1n) is 8.87. The van der Waals surface area contributed by atoms with Crippen LogP contribution in [0.1, 0.15) is 34.7 Å². The van der Waals surface area contributed by atoms with Crippen molar-refractivity contribution in [1.29, 1.82) is 0 Å². The second-order valence-corrected chi connectivity index (χ2v) is 6.94. The van der Waals surface area contributed by atoms with Crippen molar-refractivity contribution in [2.45, 2.75) is 31.7 Å². The summed E-state index contributed by atoms with van der Waals surface area (Å²) in [5, 5.41) is 16.3. The van der Waals surface area contributed by atoms with Crippen LogP contribution in [-0.4, -0.2) is 62.0 Å². The number of hydrogen-bond donors (Lipinski definition) is 0. The van der Waals surface area contributed by atoms with E-state index in [1.807, 2.05) is 19.2 Å². The van der Waals surface area contributed by atoms with E-state index in [1.54, 1.807) is 15.7 Å². The van der Waals surface area contributed by atoms with Gasteiger partial charge in [0.2, 0.25) is 0 Å². The third kappa shape index (κ3) is 2.34. The minimum absolute atomic E-state index is 0.0521. The number of likely N-dealkylation sites (N-methyl/N-ethyl adjacent to an activating group) is 1. The first kappa shape index (κ1) is 15.3. The van der Waals surface area contributed by atoms with Crippen LogP contribution >= 0.6 is 0 Å². The lowest BCUT2D eigenvalue weighted by Gasteiger charge is -2.44. The monoisotopic (exact) mass is 353 g/mol. The number of amides is 1. The summed E-state index contributed by atoms with van der Waals surface area (Å²) in [6.07, 6.45) is 5.54. The molecule has 0 aromatic carbocycles. The lowest BCUT2D eigenvalue weighted by Crippen LogP contribution is -2.60. The molecule has 1 aliphatic heterocycles. The van der Waals surface area contributed by atoms with Crippen LogP contribution in [0.3, 0.4) is 0 Å². The molecule has 4 heterocycles. The lowest BCUT2D eigenvalue weighted by atomic mass is 9.96. The van der Waals surface area contributed by atoms with E-state index >= 15 is 0 Å². The third-order valence-electron chi connectivity index (χ3n) is 5.35. The average Bonchev–Trinajstić information content (AvgIpc) is 3.26. The van der Waals surface area contributed by atoms with Gasteiger partial charge in [-0.05, 0) is 31.4 Å². The summed E-state index contributed by atoms with van der Waals surface area (Å²) < 4.78 is 7.03. The Morgan fingerprint density at radius 1 is 1.27 bits per heavy atom. The fourth-order valence-electron chi connectivity index (χ4n) is 3.66. The Morgan fingerprint density at radius 3 is 3.00 bits per heavy atom. The molecule has 2 aliphatic rings. The predicted octanol–water partition coefficient (Wildman–Crippen LogP) is 0.952. The number of aromatic nitrogens is 5. The Bertz CT molecular complexity index is 973. The Labute approximate surface area is 149 Å². The molecule has 3 aromatic rings. The summed E-state index contributed by atoms with van der Waals surface area (Å²) >= 11 is 0. The number of anilines is 1. The van der Waals surface area contributed by atoms with Crippen LogP contribution < -0.4 is 4.90 Å². The summed E-state index contributed by atoms with van der Waals surface area (Å²) in [6.45, 7) is 1.48. The summed E-state index contributed by atoms with van der Waals surface area (Å²) in [7, 11) is 1.84. The van der Waals surface area contributed by atoms with Crippen LogP contribution in [0.25, 0.3) is 5.65 Å². The summed E-state index contributed by atoms with van der Waals surface area (Å²) in [5.74, 6) is 1.69. The van der Waals surface area contributed by atoms with E-state index in [4.69, 9.17) is 4.52 Å². The van der Waals surface area contributed by atoms with E-state index in [2.05, 4.69) is 25.4 Å². The van der Waals surface area contributed by atoms with Gasteiger partial charge in [0.15, 0.2) is 11.3 Å². The highest BCUT2D eigenvalue weighted by Crippen LogP contribution is 2.27. The molecule has 1 amide bonds. The lowest BCUT2D eigenvalue weighted by molar-refractivity contribution is 0.0693. The number of nitrogens with zero attached hydrogens (tertiary/aromatic N) is 7. The summed E-state index contributed by atoms with van der Waals surface area (Å²) in [6, 6.07) is 3.95. The zero-order valence-corrected chi connectivity index (χ0v) is 14.5. The molecule has 0 bridgehead atoms. The number of fused-ring (bicyclic) bond motifs is 2. The van der Waals surface area contributed by atoms with Crippen molar-refractivity contribution in [2.75, 3.05) is 25.0 Å². The molecule has 0 spiro atoms. The van der Waals surface area contributed by atoms with Gasteiger partial charge in [0, 0.05) is 32.1 Å². The molecule has 1 saturated heterocycles. The number of carbonyl (C=O) groups is 1. The predicted molar refractivity (Wildman–Crippen MR) is 92.0 cm³/mol. The fourth-order valence-corrected chi connectivity index (χ4v) is 3.66. The van der Waals surface area contributed by atoms with E-state index in [1.165, 1.54) is 0 Å². The minimum Gasteiger partial charge on any atom is -0.360 e. The molecular weight excluding hydrogens is 334 g/mol. The Balaban J connectivity index is 1.28. The number of aryl methyl sites for hydroxylation is 1. The molecule has 0 saturated carbocycles. The Morgan fingerprint density at radius 2 is 2.12 bits per heavy atom. The van der Waals surface area contributed by atoms with Crippen molar-refractivity contribution < 1.29 is 9.32 Å². The highest BCUT2D eigenvalue weighted by Gasteiger charge is 2.36. The van der Waals surface area contributed by atoms with Gasteiger partial charge in [0.25, 0.3) is 5.91 Å². The standard InChI is InChI=1S/C17H19N7O2/c1-22(17(25)16-12-4-2-3-5-13(12)26-21-16)11-8-23(9-11)15-7-6-14-19-18-10-24(14)20-15/h6-7,10-11H,2-5,8-9H2,1H3. The van der Waals surface area contributed by atoms with Crippen molar-refractivity contribution in [3.63, 3.8) is 0 Å². The third-order valence-corrected chi connectivity index (χ3v) is 5.35. The fraction of sp³-hybridized carbons (Fsp3) is 0.471. The molecule has 134 valence electrons. The van der Waals surface area contributed by atoms with Crippen LogP contribution in [-0.2, 0) is 12.8 Å². The molecule has 1 aliphatic carbocycles. The summed E-state index contributed by atoms with van der Waals surface area (Å²) in [4.78, 5) is 16.8. The van der Waals surface area contributed by atoms with Gasteiger partial charge in [-0.2, -0.15) is 4.52 Å². The van der Waals surface area contributed by atoms with Crippen LogP contribution in [0, 0.1) is 0 Å². The van der Waals surface area contributed by atoms with E-state index in [9.17, 15) is 4.79 Å². The van der Waals surface area contributed by atoms with E-state index in [0.29, 0.717) is 11.3 Å². The van der Waals surface area contributed by atoms with Crippen molar-refractivity contribution in [3.8, 4) is 0 Å². The molecule has 0 atom stereocenters. The van der Waals surface area contributed by atoms with E-state index in [0.717, 1.165) is 55.9 Å². The molecule has 0 unspecified atom stereocenters. The molecule has 1 fully saturated rings. The normalized spacial score (nSPS) is 17.2. The Hall–Kier alpha value is -2.97. The van der Waals surface area contributed by atoms with Crippen LogP contribution in [0.2, 0.25) is 0 Å². The van der Waals surface area contributed by atoms with Gasteiger partial charge < -0.3 is 14.3 Å². The highest BCUT2D eigenvalue weighted by molar-refractivity contribution is 5.94. The van der Waals surface area contributed by atoms with Crippen LogP contribution in [0.5, 0.6) is 0 Å². The van der Waals surface area contributed by atoms with Gasteiger partial charge >= 0.3 is 0 Å². The zero-order valence-electron chi connectivity index (χ0n) is 14.5. The SMILES string of the molecule is CN(C(=O)c1noc2c1CCCC2)C1CN(c2ccc3nncn3n2)C1. The average molecular weight is 353 g/mol. The second-order valence-electron chi connectivity index (χ2n) is 6.94. The maximum atomic E-state index is 12.8. The quantitative estimate of drug-likeness (QED) is 0.692. The first-order valence-corrected chi connectivity index (χ1v) is 8.87. The number of rotatable bonds is 3. The minimum atomic E-state index is -0.0521. The molecular formula is C17H19N7O2. The van der Waals surface area contributed by atoms with Gasteiger partial charge in [0.1, 0.15) is 17.9 Å². The molecule has 26 heavy (non-hydrogen) atoms. The zero-order chi connectivity index (χ0) is 17.7. The van der Waals surface area contributed by atoms with Gasteiger partial charge in [-0.1, -0.05) is 5.16 Å². The highest BCUT2D eigenvalue weighted by atomic mass is 16.5. The maximum Gasteiger partial charge on any atom is 0.276 e. The van der Waals surface area contributed by atoms with Crippen molar-refractivity contribution in [1.82, 2.24) is 29.9 Å². The van der Waals surface area contributed by atoms with Crippen molar-refractivity contribution >= 4 is 17.4 Å². The van der Waals surface area contributed by atoms with E-state index < -0.39 is 0 Å². The molecule has 5 rings (SSSR count). The largest absolute Gasteiger partial charge is 0.360 e. The second kappa shape index (κ2) is 5.79. The molecule has 0 N–H and O–H groups in total. The Kier molecular flexibility index (Phi) is 3.41. The van der Waals surface area contributed by atoms with Crippen LogP contribution in [0.15, 0.2) is 23.0 Å². The van der Waals surface area contributed by atoms with Gasteiger partial charge in [-0.15, -0.1) is 15.3 Å². The van der Waals surface area contributed by atoms with Crippen molar-refractivity contribution in [2.24, 2.45) is 0 Å².